The molecule has 0 atom stereocenters. The first kappa shape index (κ1) is 18.4. The number of hydrogen-bond donors (Lipinski definition) is 3. The lowest BCUT2D eigenvalue weighted by Crippen LogP contribution is -2.23. The number of nitrogens with one attached hydrogen (secondary N) is 2. The molecular weight excluding hydrogens is 286 g/mol. The van der Waals surface area contributed by atoms with Crippen LogP contribution in [0.4, 0.5) is 5.69 Å². The Morgan fingerprint density at radius 2 is 1.74 bits per heavy atom. The van der Waals surface area contributed by atoms with Crippen molar-refractivity contribution in [2.45, 2.75) is 33.7 Å². The number of hydrogen-bond acceptors (Lipinski definition) is 3. The van der Waals surface area contributed by atoms with Gasteiger partial charge in [0.2, 0.25) is 0 Å². The summed E-state index contributed by atoms with van der Waals surface area (Å²) in [5.41, 5.74) is 8.79. The molecule has 4 nitrogen and oxygen atoms in total. The Morgan fingerprint density at radius 3 is 2.30 bits per heavy atom. The highest BCUT2D eigenvalue weighted by Gasteiger charge is 2.09. The molecule has 0 bridgehead atoms. The van der Waals surface area contributed by atoms with Crippen LogP contribution in [0.25, 0.3) is 0 Å². The average Bonchev–Trinajstić information content (AvgIpc) is 2.54. The van der Waals surface area contributed by atoms with E-state index in [1.54, 1.807) is 25.1 Å². The van der Waals surface area contributed by atoms with Gasteiger partial charge < -0.3 is 16.5 Å². The molecule has 2 aromatic rings. The molecule has 0 aliphatic heterocycles. The van der Waals surface area contributed by atoms with Crippen LogP contribution in [0.1, 0.15) is 48.7 Å². The van der Waals surface area contributed by atoms with Crippen molar-refractivity contribution < 1.29 is 4.79 Å². The van der Waals surface area contributed by atoms with E-state index in [0.717, 1.165) is 5.56 Å². The smallest absolute Gasteiger partial charge is 0.251 e. The zero-order valence-corrected chi connectivity index (χ0v) is 14.0. The van der Waals surface area contributed by atoms with Gasteiger partial charge in [-0.25, -0.2) is 0 Å². The minimum Gasteiger partial charge on any atom is -0.398 e. The maximum Gasteiger partial charge on any atom is 0.251 e. The van der Waals surface area contributed by atoms with E-state index in [9.17, 15) is 4.79 Å². The average molecular weight is 311 g/mol. The van der Waals surface area contributed by atoms with Crippen molar-refractivity contribution in [3.05, 3.63) is 65.2 Å². The quantitative estimate of drug-likeness (QED) is 0.589. The molecule has 0 aliphatic rings. The third-order valence-electron chi connectivity index (χ3n) is 3.02. The molecular formula is C19H25N3O. The van der Waals surface area contributed by atoms with Crippen LogP contribution in [-0.4, -0.2) is 11.6 Å². The van der Waals surface area contributed by atoms with E-state index >= 15 is 0 Å². The summed E-state index contributed by atoms with van der Waals surface area (Å²) in [5.74, 6) is -0.170. The van der Waals surface area contributed by atoms with Crippen LogP contribution in [0.5, 0.6) is 0 Å². The number of carbonyl (C=O) groups is 1. The number of amides is 1. The topological polar surface area (TPSA) is 79.0 Å². The molecule has 1 amide bonds. The van der Waals surface area contributed by atoms with E-state index in [1.165, 1.54) is 6.42 Å². The third kappa shape index (κ3) is 5.94. The summed E-state index contributed by atoms with van der Waals surface area (Å²) in [6.45, 7) is 6.38. The fourth-order valence-corrected chi connectivity index (χ4v) is 1.90. The van der Waals surface area contributed by atoms with Crippen LogP contribution >= 0.6 is 0 Å². The molecule has 0 saturated heterocycles. The van der Waals surface area contributed by atoms with Gasteiger partial charge >= 0.3 is 0 Å². The first-order valence-corrected chi connectivity index (χ1v) is 7.76. The fourth-order valence-electron chi connectivity index (χ4n) is 1.90. The molecule has 2 rings (SSSR count). The number of benzene rings is 2. The Balaban J connectivity index is 0.000000816. The summed E-state index contributed by atoms with van der Waals surface area (Å²) < 4.78 is 0. The van der Waals surface area contributed by atoms with Gasteiger partial charge in [0.05, 0.1) is 0 Å². The van der Waals surface area contributed by atoms with Crippen LogP contribution in [0, 0.1) is 5.41 Å². The number of nitrogens with two attached hydrogens (primary N) is 1. The zero-order chi connectivity index (χ0) is 17.2. The summed E-state index contributed by atoms with van der Waals surface area (Å²) in [5, 5.41) is 10.5. The van der Waals surface area contributed by atoms with Crippen molar-refractivity contribution in [1.82, 2.24) is 5.32 Å². The molecule has 0 fully saturated rings. The highest BCUT2D eigenvalue weighted by Crippen LogP contribution is 2.15. The van der Waals surface area contributed by atoms with Crippen molar-refractivity contribution in [2.75, 3.05) is 5.73 Å². The Morgan fingerprint density at radius 1 is 1.13 bits per heavy atom. The second-order valence-corrected chi connectivity index (χ2v) is 5.30. The second kappa shape index (κ2) is 9.41. The van der Waals surface area contributed by atoms with E-state index in [0.29, 0.717) is 29.1 Å². The highest BCUT2D eigenvalue weighted by atomic mass is 16.1. The van der Waals surface area contributed by atoms with Crippen LogP contribution in [0.15, 0.2) is 48.5 Å². The third-order valence-corrected chi connectivity index (χ3v) is 3.02. The van der Waals surface area contributed by atoms with Gasteiger partial charge in [0.25, 0.3) is 5.91 Å². The van der Waals surface area contributed by atoms with Gasteiger partial charge in [0, 0.05) is 29.1 Å². The van der Waals surface area contributed by atoms with Crippen molar-refractivity contribution in [2.24, 2.45) is 0 Å². The van der Waals surface area contributed by atoms with Crippen LogP contribution in [0.2, 0.25) is 0 Å². The molecule has 0 aromatic heterocycles. The van der Waals surface area contributed by atoms with Gasteiger partial charge in [-0.2, -0.15) is 0 Å². The molecule has 0 unspecified atom stereocenters. The number of nitrogen functional groups attached to an aromatic ring is 1. The summed E-state index contributed by atoms with van der Waals surface area (Å²) in [7, 11) is 0. The minimum absolute atomic E-state index is 0.170. The van der Waals surface area contributed by atoms with E-state index in [4.69, 9.17) is 11.1 Å². The standard InChI is InChI=1S/C16H17N3O.C3H8/c1-11(17)14-9-13(7-8-15(14)18)16(20)19-10-12-5-3-2-4-6-12;1-3-2/h2-9,17H,10,18H2,1H3,(H,19,20);3H2,1-2H3. The molecule has 0 saturated carbocycles. The SMILES string of the molecule is CC(=N)c1cc(C(=O)NCc2ccccc2)ccc1N.CCC. The Bertz CT molecular complexity index is 651. The van der Waals surface area contributed by atoms with E-state index in [1.807, 2.05) is 30.3 Å². The predicted octanol–water partition coefficient (Wildman–Crippen LogP) is 4.00. The largest absolute Gasteiger partial charge is 0.398 e. The molecule has 2 aromatic carbocycles. The summed E-state index contributed by atoms with van der Waals surface area (Å²) in [6.07, 6.45) is 1.25. The van der Waals surface area contributed by atoms with E-state index < -0.39 is 0 Å². The van der Waals surface area contributed by atoms with Gasteiger partial charge in [-0.1, -0.05) is 50.6 Å². The molecule has 4 heteroatoms. The summed E-state index contributed by atoms with van der Waals surface area (Å²) in [4.78, 5) is 12.1. The molecule has 0 spiro atoms. The summed E-state index contributed by atoms with van der Waals surface area (Å²) in [6, 6.07) is 14.7. The number of rotatable bonds is 4. The minimum atomic E-state index is -0.170. The van der Waals surface area contributed by atoms with Crippen molar-refractivity contribution in [3.8, 4) is 0 Å². The molecule has 0 aliphatic carbocycles. The monoisotopic (exact) mass is 311 g/mol. The normalized spacial score (nSPS) is 9.52. The van der Waals surface area contributed by atoms with Gasteiger partial charge in [0.15, 0.2) is 0 Å². The number of anilines is 1. The van der Waals surface area contributed by atoms with Gasteiger partial charge in [0.1, 0.15) is 0 Å². The first-order valence-electron chi connectivity index (χ1n) is 7.76. The first-order chi connectivity index (χ1) is 11.0. The van der Waals surface area contributed by atoms with Crippen molar-refractivity contribution in [1.29, 1.82) is 5.41 Å². The summed E-state index contributed by atoms with van der Waals surface area (Å²) >= 11 is 0. The predicted molar refractivity (Wildman–Crippen MR) is 96.9 cm³/mol. The lowest BCUT2D eigenvalue weighted by atomic mass is 10.0. The maximum absolute atomic E-state index is 12.1. The Kier molecular flexibility index (Phi) is 7.54. The molecule has 122 valence electrons. The van der Waals surface area contributed by atoms with E-state index in [2.05, 4.69) is 19.2 Å². The zero-order valence-electron chi connectivity index (χ0n) is 14.0. The van der Waals surface area contributed by atoms with Crippen molar-refractivity contribution in [3.63, 3.8) is 0 Å². The van der Waals surface area contributed by atoms with Crippen LogP contribution < -0.4 is 11.1 Å². The Labute approximate surface area is 138 Å². The lowest BCUT2D eigenvalue weighted by Gasteiger charge is -2.08. The molecule has 0 heterocycles. The van der Waals surface area contributed by atoms with Crippen molar-refractivity contribution >= 4 is 17.3 Å². The number of carbonyl (C=O) groups excluding carboxylic acids is 1. The maximum atomic E-state index is 12.1. The van der Waals surface area contributed by atoms with E-state index in [-0.39, 0.29) is 5.91 Å². The molecule has 23 heavy (non-hydrogen) atoms. The van der Waals surface area contributed by atoms with Crippen LogP contribution in [-0.2, 0) is 6.54 Å². The van der Waals surface area contributed by atoms with Crippen LogP contribution in [0.3, 0.4) is 0 Å². The van der Waals surface area contributed by atoms with Gasteiger partial charge in [-0.15, -0.1) is 0 Å². The lowest BCUT2D eigenvalue weighted by molar-refractivity contribution is 0.0951. The fraction of sp³-hybridized carbons (Fsp3) is 0.263. The molecule has 4 N–H and O–H groups in total. The highest BCUT2D eigenvalue weighted by molar-refractivity contribution is 6.04. The Hall–Kier alpha value is -2.62. The van der Waals surface area contributed by atoms with Gasteiger partial charge in [-0.3, -0.25) is 4.79 Å². The molecule has 0 radical (unpaired) electrons. The second-order valence-electron chi connectivity index (χ2n) is 5.30. The van der Waals surface area contributed by atoms with Gasteiger partial charge in [-0.05, 0) is 30.7 Å².